The number of rotatable bonds is 7. The third kappa shape index (κ3) is 6.42. The summed E-state index contributed by atoms with van der Waals surface area (Å²) < 4.78 is 33.3. The molecule has 4 heteroatoms. The molecule has 21 heavy (non-hydrogen) atoms. The zero-order valence-corrected chi connectivity index (χ0v) is 13.7. The van der Waals surface area contributed by atoms with Crippen molar-refractivity contribution in [1.29, 1.82) is 0 Å². The molecule has 0 aliphatic rings. The Hall–Kier alpha value is -1.16. The first-order chi connectivity index (χ1) is 9.73. The minimum atomic E-state index is -0.635. The monoisotopic (exact) mass is 299 g/mol. The highest BCUT2D eigenvalue weighted by molar-refractivity contribution is 5.31. The van der Waals surface area contributed by atoms with E-state index in [1.807, 2.05) is 27.7 Å². The van der Waals surface area contributed by atoms with Crippen LogP contribution in [-0.4, -0.2) is 12.1 Å². The number of benzene rings is 1. The van der Waals surface area contributed by atoms with E-state index in [0.717, 1.165) is 12.8 Å². The van der Waals surface area contributed by atoms with Crippen molar-refractivity contribution in [1.82, 2.24) is 5.32 Å². The molecule has 0 fully saturated rings. The van der Waals surface area contributed by atoms with Crippen LogP contribution in [0.2, 0.25) is 0 Å². The van der Waals surface area contributed by atoms with Crippen LogP contribution in [0.1, 0.15) is 53.0 Å². The van der Waals surface area contributed by atoms with Crippen LogP contribution in [0.5, 0.6) is 5.75 Å². The predicted molar refractivity (Wildman–Crippen MR) is 82.5 cm³/mol. The number of hydrogen-bond donors (Lipinski definition) is 1. The average Bonchev–Trinajstić information content (AvgIpc) is 2.35. The molecule has 0 saturated heterocycles. The van der Waals surface area contributed by atoms with E-state index >= 15 is 0 Å². The van der Waals surface area contributed by atoms with Gasteiger partial charge in [-0.05, 0) is 50.8 Å². The Labute approximate surface area is 126 Å². The summed E-state index contributed by atoms with van der Waals surface area (Å²) in [4.78, 5) is 0. The maximum atomic E-state index is 14.0. The largest absolute Gasteiger partial charge is 0.487 e. The molecular weight excluding hydrogens is 272 g/mol. The summed E-state index contributed by atoms with van der Waals surface area (Å²) in [6.45, 7) is 10.9. The first-order valence-electron chi connectivity index (χ1n) is 7.58. The van der Waals surface area contributed by atoms with Gasteiger partial charge in [0.05, 0.1) is 6.61 Å². The van der Waals surface area contributed by atoms with Gasteiger partial charge in [-0.2, -0.15) is 0 Å². The Morgan fingerprint density at radius 1 is 1.19 bits per heavy atom. The SMILES string of the molecule is CCCC(C)COc1c(F)cc(CNC(C)(C)C)cc1F. The first-order valence-corrected chi connectivity index (χ1v) is 7.58. The molecule has 0 amide bonds. The molecule has 0 aliphatic carbocycles. The summed E-state index contributed by atoms with van der Waals surface area (Å²) in [6.07, 6.45) is 2.02. The lowest BCUT2D eigenvalue weighted by Gasteiger charge is -2.21. The van der Waals surface area contributed by atoms with E-state index in [1.54, 1.807) is 0 Å². The van der Waals surface area contributed by atoms with Crippen molar-refractivity contribution < 1.29 is 13.5 Å². The summed E-state index contributed by atoms with van der Waals surface area (Å²) in [5, 5.41) is 3.20. The molecule has 0 saturated carbocycles. The van der Waals surface area contributed by atoms with E-state index in [0.29, 0.717) is 18.7 Å². The van der Waals surface area contributed by atoms with Crippen molar-refractivity contribution in [3.05, 3.63) is 29.3 Å². The first kappa shape index (κ1) is 17.9. The molecule has 1 aromatic carbocycles. The van der Waals surface area contributed by atoms with E-state index in [-0.39, 0.29) is 17.2 Å². The highest BCUT2D eigenvalue weighted by atomic mass is 19.1. The predicted octanol–water partition coefficient (Wildman–Crippen LogP) is 4.67. The van der Waals surface area contributed by atoms with Crippen molar-refractivity contribution >= 4 is 0 Å². The van der Waals surface area contributed by atoms with Crippen LogP contribution in [0.15, 0.2) is 12.1 Å². The molecule has 2 nitrogen and oxygen atoms in total. The minimum absolute atomic E-state index is 0.0995. The Morgan fingerprint density at radius 3 is 2.24 bits per heavy atom. The highest BCUT2D eigenvalue weighted by Crippen LogP contribution is 2.24. The standard InChI is InChI=1S/C17H27F2NO/c1-6-7-12(2)11-21-16-14(18)8-13(9-15(16)19)10-20-17(3,4)5/h8-9,12,20H,6-7,10-11H2,1-5H3. The van der Waals surface area contributed by atoms with E-state index in [4.69, 9.17) is 4.74 Å². The highest BCUT2D eigenvalue weighted by Gasteiger charge is 2.15. The summed E-state index contributed by atoms with van der Waals surface area (Å²) >= 11 is 0. The van der Waals surface area contributed by atoms with Crippen molar-refractivity contribution in [3.8, 4) is 5.75 Å². The van der Waals surface area contributed by atoms with Crippen LogP contribution < -0.4 is 10.1 Å². The van der Waals surface area contributed by atoms with Crippen LogP contribution in [0.4, 0.5) is 8.78 Å². The lowest BCUT2D eigenvalue weighted by atomic mass is 10.1. The normalized spacial score (nSPS) is 13.3. The van der Waals surface area contributed by atoms with Crippen molar-refractivity contribution in [2.45, 2.75) is 59.5 Å². The molecule has 0 heterocycles. The van der Waals surface area contributed by atoms with Crippen LogP contribution in [0.3, 0.4) is 0 Å². The van der Waals surface area contributed by atoms with Gasteiger partial charge in [0.2, 0.25) is 0 Å². The second-order valence-electron chi connectivity index (χ2n) is 6.70. The van der Waals surface area contributed by atoms with Crippen LogP contribution in [-0.2, 0) is 6.54 Å². The van der Waals surface area contributed by atoms with Gasteiger partial charge in [-0.3, -0.25) is 0 Å². The molecule has 0 aliphatic heterocycles. The van der Waals surface area contributed by atoms with E-state index in [1.165, 1.54) is 12.1 Å². The van der Waals surface area contributed by atoms with E-state index < -0.39 is 11.6 Å². The fourth-order valence-electron chi connectivity index (χ4n) is 2.02. The zero-order valence-electron chi connectivity index (χ0n) is 13.7. The van der Waals surface area contributed by atoms with Crippen molar-refractivity contribution in [3.63, 3.8) is 0 Å². The van der Waals surface area contributed by atoms with Crippen molar-refractivity contribution in [2.24, 2.45) is 5.92 Å². The molecule has 120 valence electrons. The van der Waals surface area contributed by atoms with Gasteiger partial charge in [0.1, 0.15) is 0 Å². The number of halogens is 2. The molecule has 0 spiro atoms. The summed E-state index contributed by atoms with van der Waals surface area (Å²) in [7, 11) is 0. The fourth-order valence-corrected chi connectivity index (χ4v) is 2.02. The Morgan fingerprint density at radius 2 is 1.76 bits per heavy atom. The molecule has 1 atom stereocenters. The molecule has 0 aromatic heterocycles. The quantitative estimate of drug-likeness (QED) is 0.790. The van der Waals surface area contributed by atoms with Gasteiger partial charge < -0.3 is 10.1 Å². The smallest absolute Gasteiger partial charge is 0.190 e. The van der Waals surface area contributed by atoms with Gasteiger partial charge in [0.25, 0.3) is 0 Å². The number of hydrogen-bond acceptors (Lipinski definition) is 2. The van der Waals surface area contributed by atoms with E-state index in [2.05, 4.69) is 12.2 Å². The number of nitrogens with one attached hydrogen (secondary N) is 1. The summed E-state index contributed by atoms with van der Waals surface area (Å²) in [5.41, 5.74) is 0.478. The molecule has 1 aromatic rings. The lowest BCUT2D eigenvalue weighted by Crippen LogP contribution is -2.35. The number of ether oxygens (including phenoxy) is 1. The Kier molecular flexibility index (Phi) is 6.59. The van der Waals surface area contributed by atoms with Gasteiger partial charge in [0, 0.05) is 12.1 Å². The third-order valence-electron chi connectivity index (χ3n) is 3.17. The molecule has 0 bridgehead atoms. The second kappa shape index (κ2) is 7.74. The maximum absolute atomic E-state index is 14.0. The zero-order chi connectivity index (χ0) is 16.0. The molecule has 1 N–H and O–H groups in total. The molecular formula is C17H27F2NO. The average molecular weight is 299 g/mol. The van der Waals surface area contributed by atoms with Gasteiger partial charge >= 0.3 is 0 Å². The second-order valence-corrected chi connectivity index (χ2v) is 6.70. The fraction of sp³-hybridized carbons (Fsp3) is 0.647. The van der Waals surface area contributed by atoms with Gasteiger partial charge in [-0.25, -0.2) is 8.78 Å². The van der Waals surface area contributed by atoms with Gasteiger partial charge in [-0.1, -0.05) is 20.3 Å². The maximum Gasteiger partial charge on any atom is 0.190 e. The summed E-state index contributed by atoms with van der Waals surface area (Å²) in [6, 6.07) is 2.67. The molecule has 1 unspecified atom stereocenters. The summed E-state index contributed by atoms with van der Waals surface area (Å²) in [5.74, 6) is -1.25. The Balaban J connectivity index is 2.71. The third-order valence-corrected chi connectivity index (χ3v) is 3.17. The van der Waals surface area contributed by atoms with Gasteiger partial charge in [0.15, 0.2) is 17.4 Å². The minimum Gasteiger partial charge on any atom is -0.487 e. The molecule has 1 rings (SSSR count). The Bertz CT molecular complexity index is 432. The van der Waals surface area contributed by atoms with E-state index in [9.17, 15) is 8.78 Å². The van der Waals surface area contributed by atoms with Crippen LogP contribution >= 0.6 is 0 Å². The van der Waals surface area contributed by atoms with Gasteiger partial charge in [-0.15, -0.1) is 0 Å². The van der Waals surface area contributed by atoms with Crippen LogP contribution in [0, 0.1) is 17.6 Å². The lowest BCUT2D eigenvalue weighted by molar-refractivity contribution is 0.231. The van der Waals surface area contributed by atoms with Crippen LogP contribution in [0.25, 0.3) is 0 Å². The topological polar surface area (TPSA) is 21.3 Å². The van der Waals surface area contributed by atoms with Crippen molar-refractivity contribution in [2.75, 3.05) is 6.61 Å². The molecule has 0 radical (unpaired) electrons.